The minimum atomic E-state index is -4.45. The molecule has 2 aliphatic rings. The van der Waals surface area contributed by atoms with Crippen LogP contribution in [0.4, 0.5) is 18.9 Å². The SMILES string of the molecule is O=C1OCC2=C1C(c1ccc(C(F)(F)F)cc1)CC(=O)N2c1ccc(Br)cc1. The lowest BCUT2D eigenvalue weighted by Crippen LogP contribution is -2.37. The molecule has 1 unspecified atom stereocenters. The van der Waals surface area contributed by atoms with Crippen molar-refractivity contribution in [2.24, 2.45) is 0 Å². The first-order valence-corrected chi connectivity index (χ1v) is 9.21. The van der Waals surface area contributed by atoms with Crippen molar-refractivity contribution in [1.82, 2.24) is 0 Å². The number of carbonyl (C=O) groups excluding carboxylic acids is 2. The summed E-state index contributed by atoms with van der Waals surface area (Å²) in [5, 5.41) is 0. The number of carbonyl (C=O) groups is 2. The van der Waals surface area contributed by atoms with Crippen LogP contribution in [0.5, 0.6) is 0 Å². The number of ether oxygens (including phenoxy) is 1. The number of rotatable bonds is 2. The van der Waals surface area contributed by atoms with Gasteiger partial charge in [-0.2, -0.15) is 13.2 Å². The highest BCUT2D eigenvalue weighted by Crippen LogP contribution is 2.42. The average Bonchev–Trinajstić information content (AvgIpc) is 3.03. The Bertz CT molecular complexity index is 981. The van der Waals surface area contributed by atoms with Crippen LogP contribution < -0.4 is 4.90 Å². The Hall–Kier alpha value is -2.61. The van der Waals surface area contributed by atoms with Gasteiger partial charge >= 0.3 is 12.1 Å². The molecule has 28 heavy (non-hydrogen) atoms. The number of alkyl halides is 3. The van der Waals surface area contributed by atoms with Crippen LogP contribution in [-0.4, -0.2) is 18.5 Å². The number of amides is 1. The number of halogens is 4. The number of esters is 1. The maximum absolute atomic E-state index is 12.9. The van der Waals surface area contributed by atoms with Crippen LogP contribution in [-0.2, 0) is 20.5 Å². The number of anilines is 1. The Balaban J connectivity index is 1.76. The third-order valence-electron chi connectivity index (χ3n) is 4.84. The molecular weight excluding hydrogens is 439 g/mol. The van der Waals surface area contributed by atoms with E-state index in [1.807, 2.05) is 0 Å². The summed E-state index contributed by atoms with van der Waals surface area (Å²) in [5.41, 5.74) is 1.06. The van der Waals surface area contributed by atoms with Gasteiger partial charge in [-0.15, -0.1) is 0 Å². The second-order valence-corrected chi connectivity index (χ2v) is 7.43. The van der Waals surface area contributed by atoms with Crippen LogP contribution >= 0.6 is 15.9 Å². The third-order valence-corrected chi connectivity index (χ3v) is 5.37. The van der Waals surface area contributed by atoms with Crippen molar-refractivity contribution in [3.8, 4) is 0 Å². The Morgan fingerprint density at radius 3 is 2.25 bits per heavy atom. The molecule has 0 saturated heterocycles. The fourth-order valence-corrected chi connectivity index (χ4v) is 3.80. The summed E-state index contributed by atoms with van der Waals surface area (Å²) in [4.78, 5) is 26.7. The van der Waals surface area contributed by atoms with Crippen molar-refractivity contribution in [2.45, 2.75) is 18.5 Å². The first-order chi connectivity index (χ1) is 13.3. The average molecular weight is 452 g/mol. The summed E-state index contributed by atoms with van der Waals surface area (Å²) < 4.78 is 44.5. The third kappa shape index (κ3) is 3.22. The molecule has 1 atom stereocenters. The van der Waals surface area contributed by atoms with Gasteiger partial charge in [-0.1, -0.05) is 28.1 Å². The van der Waals surface area contributed by atoms with Gasteiger partial charge in [0.1, 0.15) is 6.61 Å². The molecule has 144 valence electrons. The minimum absolute atomic E-state index is 0.0324. The number of cyclic esters (lactones) is 1. The Labute approximate surface area is 166 Å². The summed E-state index contributed by atoms with van der Waals surface area (Å²) in [6.07, 6.45) is -4.48. The zero-order valence-corrected chi connectivity index (χ0v) is 15.9. The van der Waals surface area contributed by atoms with E-state index in [9.17, 15) is 22.8 Å². The van der Waals surface area contributed by atoms with Crippen LogP contribution in [0.3, 0.4) is 0 Å². The van der Waals surface area contributed by atoms with Gasteiger partial charge in [0.15, 0.2) is 0 Å². The van der Waals surface area contributed by atoms with Crippen LogP contribution in [0.25, 0.3) is 0 Å². The van der Waals surface area contributed by atoms with Gasteiger partial charge in [-0.3, -0.25) is 9.69 Å². The molecule has 0 aliphatic carbocycles. The number of hydrogen-bond donors (Lipinski definition) is 0. The van der Waals surface area contributed by atoms with Crippen LogP contribution in [0, 0.1) is 0 Å². The summed E-state index contributed by atoms with van der Waals surface area (Å²) in [5.74, 6) is -1.43. The Morgan fingerprint density at radius 1 is 1.00 bits per heavy atom. The van der Waals surface area contributed by atoms with Gasteiger partial charge in [0, 0.05) is 22.5 Å². The molecule has 4 rings (SSSR count). The van der Waals surface area contributed by atoms with Gasteiger partial charge in [0.25, 0.3) is 0 Å². The van der Waals surface area contributed by atoms with Crippen molar-refractivity contribution >= 4 is 33.5 Å². The highest BCUT2D eigenvalue weighted by atomic mass is 79.9. The molecule has 0 fully saturated rings. The molecule has 2 aromatic rings. The van der Waals surface area contributed by atoms with Crippen LogP contribution in [0.1, 0.15) is 23.5 Å². The second-order valence-electron chi connectivity index (χ2n) is 6.52. The summed E-state index contributed by atoms with van der Waals surface area (Å²) in [7, 11) is 0. The van der Waals surface area contributed by atoms with Gasteiger partial charge in [-0.25, -0.2) is 4.79 Å². The number of nitrogens with zero attached hydrogens (tertiary/aromatic N) is 1. The van der Waals surface area contributed by atoms with E-state index in [0.29, 0.717) is 22.5 Å². The summed E-state index contributed by atoms with van der Waals surface area (Å²) in [6, 6.07) is 11.6. The maximum atomic E-state index is 12.9. The first kappa shape index (κ1) is 18.7. The van der Waals surface area contributed by atoms with E-state index in [4.69, 9.17) is 4.74 Å². The maximum Gasteiger partial charge on any atom is 0.416 e. The van der Waals surface area contributed by atoms with Crippen LogP contribution in [0.2, 0.25) is 0 Å². The molecular formula is C20H13BrF3NO3. The topological polar surface area (TPSA) is 46.6 Å². The lowest BCUT2D eigenvalue weighted by atomic mass is 9.84. The molecule has 0 aromatic heterocycles. The Kier molecular flexibility index (Phi) is 4.53. The molecule has 2 heterocycles. The van der Waals surface area contributed by atoms with Gasteiger partial charge < -0.3 is 4.74 Å². The molecule has 1 amide bonds. The van der Waals surface area contributed by atoms with Crippen molar-refractivity contribution in [1.29, 1.82) is 0 Å². The first-order valence-electron chi connectivity index (χ1n) is 8.41. The predicted molar refractivity (Wildman–Crippen MR) is 98.4 cm³/mol. The van der Waals surface area contributed by atoms with E-state index in [-0.39, 0.29) is 18.9 Å². The van der Waals surface area contributed by atoms with Crippen molar-refractivity contribution in [2.75, 3.05) is 11.5 Å². The monoisotopic (exact) mass is 451 g/mol. The molecule has 2 aromatic carbocycles. The van der Waals surface area contributed by atoms with E-state index >= 15 is 0 Å². The van der Waals surface area contributed by atoms with Gasteiger partial charge in [0.2, 0.25) is 5.91 Å². The smallest absolute Gasteiger partial charge is 0.416 e. The van der Waals surface area contributed by atoms with E-state index in [1.165, 1.54) is 17.0 Å². The van der Waals surface area contributed by atoms with Gasteiger partial charge in [0.05, 0.1) is 16.8 Å². The molecule has 8 heteroatoms. The zero-order chi connectivity index (χ0) is 20.1. The normalized spacial score (nSPS) is 19.7. The molecule has 0 bridgehead atoms. The lowest BCUT2D eigenvalue weighted by molar-refractivity contribution is -0.138. The highest BCUT2D eigenvalue weighted by Gasteiger charge is 2.43. The molecule has 0 saturated carbocycles. The summed E-state index contributed by atoms with van der Waals surface area (Å²) in [6.45, 7) is -0.0485. The lowest BCUT2D eigenvalue weighted by Gasteiger charge is -2.32. The molecule has 2 aliphatic heterocycles. The minimum Gasteiger partial charge on any atom is -0.456 e. The highest BCUT2D eigenvalue weighted by molar-refractivity contribution is 9.10. The van der Waals surface area contributed by atoms with Crippen molar-refractivity contribution < 1.29 is 27.5 Å². The van der Waals surface area contributed by atoms with Gasteiger partial charge in [-0.05, 0) is 42.0 Å². The second kappa shape index (κ2) is 6.77. The molecule has 0 spiro atoms. The number of benzene rings is 2. The standard InChI is InChI=1S/C20H13BrF3NO3/c21-13-5-7-14(8-6-13)25-16-10-28-19(27)18(16)15(9-17(25)26)11-1-3-12(4-2-11)20(22,23)24/h1-8,15H,9-10H2. The molecule has 4 nitrogen and oxygen atoms in total. The zero-order valence-electron chi connectivity index (χ0n) is 14.3. The van der Waals surface area contributed by atoms with Crippen LogP contribution in [0.15, 0.2) is 64.3 Å². The quantitative estimate of drug-likeness (QED) is 0.616. The van der Waals surface area contributed by atoms with E-state index in [1.54, 1.807) is 24.3 Å². The van der Waals surface area contributed by atoms with E-state index in [0.717, 1.165) is 16.6 Å². The molecule has 0 radical (unpaired) electrons. The molecule has 0 N–H and O–H groups in total. The number of hydrogen-bond acceptors (Lipinski definition) is 3. The van der Waals surface area contributed by atoms with Crippen molar-refractivity contribution in [3.63, 3.8) is 0 Å². The van der Waals surface area contributed by atoms with Crippen molar-refractivity contribution in [3.05, 3.63) is 75.4 Å². The fraction of sp³-hybridized carbons (Fsp3) is 0.200. The van der Waals surface area contributed by atoms with E-state index in [2.05, 4.69) is 15.9 Å². The fourth-order valence-electron chi connectivity index (χ4n) is 3.53. The summed E-state index contributed by atoms with van der Waals surface area (Å²) >= 11 is 3.34. The van der Waals surface area contributed by atoms with E-state index < -0.39 is 23.6 Å². The Morgan fingerprint density at radius 2 is 1.64 bits per heavy atom. The largest absolute Gasteiger partial charge is 0.456 e. The predicted octanol–water partition coefficient (Wildman–Crippen LogP) is 4.80.